The fourth-order valence-corrected chi connectivity index (χ4v) is 3.11. The second-order valence-electron chi connectivity index (χ2n) is 6.94. The first-order chi connectivity index (χ1) is 16.7. The number of nitrogen functional groups attached to an aromatic ring is 1. The van der Waals surface area contributed by atoms with Crippen LogP contribution in [0.4, 0.5) is 19.0 Å². The topological polar surface area (TPSA) is 162 Å². The Morgan fingerprint density at radius 3 is 2.43 bits per heavy atom. The number of nitrogens with two attached hydrogens (primary N) is 1. The lowest BCUT2D eigenvalue weighted by Gasteiger charge is -2.11. The summed E-state index contributed by atoms with van der Waals surface area (Å²) < 4.78 is 44.3. The van der Waals surface area contributed by atoms with Gasteiger partial charge in [-0.05, 0) is 17.2 Å². The third kappa shape index (κ3) is 5.66. The fraction of sp³-hybridized carbons (Fsp3) is 0.286. The summed E-state index contributed by atoms with van der Waals surface area (Å²) in [6, 6.07) is 9.80. The highest BCUT2D eigenvalue weighted by Gasteiger charge is 2.38. The predicted octanol–water partition coefficient (Wildman–Crippen LogP) is 3.14. The molecule has 3 heterocycles. The van der Waals surface area contributed by atoms with Crippen molar-refractivity contribution in [3.8, 4) is 28.5 Å². The van der Waals surface area contributed by atoms with Crippen LogP contribution in [-0.2, 0) is 11.3 Å². The van der Waals surface area contributed by atoms with Crippen LogP contribution >= 0.6 is 0 Å². The van der Waals surface area contributed by atoms with Gasteiger partial charge in [0.05, 0.1) is 18.5 Å². The van der Waals surface area contributed by atoms with Gasteiger partial charge in [0.2, 0.25) is 0 Å². The SMILES string of the molecule is CCn1c(-c2nonc2N)nc2c(-c3ccccc3)ncc(OCCCO)c21.O=C(O)C(F)(F)F. The van der Waals surface area contributed by atoms with E-state index in [-0.39, 0.29) is 12.4 Å². The number of fused-ring (bicyclic) bond motifs is 1. The van der Waals surface area contributed by atoms with Crippen molar-refractivity contribution < 1.29 is 37.5 Å². The molecule has 4 rings (SSSR count). The first-order valence-electron chi connectivity index (χ1n) is 10.3. The van der Waals surface area contributed by atoms with Gasteiger partial charge in [0.1, 0.15) is 11.0 Å². The van der Waals surface area contributed by atoms with E-state index < -0.39 is 12.1 Å². The first kappa shape index (κ1) is 25.4. The molecule has 0 spiro atoms. The number of imidazole rings is 1. The Morgan fingerprint density at radius 2 is 1.89 bits per heavy atom. The number of hydrogen-bond donors (Lipinski definition) is 3. The molecule has 0 unspecified atom stereocenters. The van der Waals surface area contributed by atoms with E-state index in [0.29, 0.717) is 42.4 Å². The van der Waals surface area contributed by atoms with Crippen LogP contribution in [0.3, 0.4) is 0 Å². The van der Waals surface area contributed by atoms with E-state index in [1.54, 1.807) is 6.20 Å². The summed E-state index contributed by atoms with van der Waals surface area (Å²) in [5.41, 5.74) is 9.41. The molecule has 4 aromatic rings. The number of carboxylic acids is 1. The average Bonchev–Trinajstić information content (AvgIpc) is 3.42. The molecule has 11 nitrogen and oxygen atoms in total. The molecule has 14 heteroatoms. The van der Waals surface area contributed by atoms with Crippen molar-refractivity contribution in [1.82, 2.24) is 24.8 Å². The molecule has 1 aromatic carbocycles. The number of ether oxygens (including phenoxy) is 1. The molecule has 0 saturated carbocycles. The lowest BCUT2D eigenvalue weighted by molar-refractivity contribution is -0.192. The lowest BCUT2D eigenvalue weighted by Crippen LogP contribution is -2.21. The number of benzene rings is 1. The molecule has 0 saturated heterocycles. The van der Waals surface area contributed by atoms with Gasteiger partial charge in [0.15, 0.2) is 23.1 Å². The Hall–Kier alpha value is -4.20. The summed E-state index contributed by atoms with van der Waals surface area (Å²) in [6.45, 7) is 3.02. The van der Waals surface area contributed by atoms with E-state index in [1.165, 1.54) is 0 Å². The van der Waals surface area contributed by atoms with Crippen LogP contribution in [0, 0.1) is 0 Å². The van der Waals surface area contributed by atoms with Gasteiger partial charge in [0.25, 0.3) is 0 Å². The zero-order chi connectivity index (χ0) is 25.6. The van der Waals surface area contributed by atoms with Gasteiger partial charge in [-0.15, -0.1) is 0 Å². The van der Waals surface area contributed by atoms with Gasteiger partial charge in [0, 0.05) is 25.1 Å². The van der Waals surface area contributed by atoms with Crippen LogP contribution in [0.25, 0.3) is 33.8 Å². The number of halogens is 3. The third-order valence-electron chi connectivity index (χ3n) is 4.63. The molecule has 0 atom stereocenters. The Labute approximate surface area is 195 Å². The Balaban J connectivity index is 0.000000429. The maximum absolute atomic E-state index is 10.6. The quantitative estimate of drug-likeness (QED) is 0.325. The van der Waals surface area contributed by atoms with Crippen molar-refractivity contribution in [3.05, 3.63) is 36.5 Å². The van der Waals surface area contributed by atoms with Gasteiger partial charge < -0.3 is 25.3 Å². The normalized spacial score (nSPS) is 11.2. The third-order valence-corrected chi connectivity index (χ3v) is 4.63. The molecule has 0 fully saturated rings. The lowest BCUT2D eigenvalue weighted by atomic mass is 10.1. The predicted molar refractivity (Wildman–Crippen MR) is 117 cm³/mol. The fourth-order valence-electron chi connectivity index (χ4n) is 3.11. The summed E-state index contributed by atoms with van der Waals surface area (Å²) in [4.78, 5) is 18.3. The molecule has 186 valence electrons. The Morgan fingerprint density at radius 1 is 1.20 bits per heavy atom. The van der Waals surface area contributed by atoms with Gasteiger partial charge >= 0.3 is 12.1 Å². The first-order valence-corrected chi connectivity index (χ1v) is 10.3. The minimum absolute atomic E-state index is 0.0537. The van der Waals surface area contributed by atoms with Gasteiger partial charge in [-0.25, -0.2) is 19.4 Å². The van der Waals surface area contributed by atoms with Crippen molar-refractivity contribution in [1.29, 1.82) is 0 Å². The average molecular weight is 494 g/mol. The van der Waals surface area contributed by atoms with Crippen LogP contribution in [0.1, 0.15) is 13.3 Å². The number of nitrogens with zero attached hydrogens (tertiary/aromatic N) is 5. The summed E-state index contributed by atoms with van der Waals surface area (Å²) in [7, 11) is 0. The highest BCUT2D eigenvalue weighted by Crippen LogP contribution is 2.36. The highest BCUT2D eigenvalue weighted by atomic mass is 19.4. The smallest absolute Gasteiger partial charge is 0.490 e. The number of carbonyl (C=O) groups is 1. The molecule has 0 bridgehead atoms. The van der Waals surface area contributed by atoms with E-state index in [0.717, 1.165) is 16.8 Å². The van der Waals surface area contributed by atoms with Crippen molar-refractivity contribution in [3.63, 3.8) is 0 Å². The van der Waals surface area contributed by atoms with E-state index >= 15 is 0 Å². The van der Waals surface area contributed by atoms with Crippen LogP contribution in [0.15, 0.2) is 41.2 Å². The monoisotopic (exact) mass is 494 g/mol. The van der Waals surface area contributed by atoms with E-state index in [4.69, 9.17) is 35.1 Å². The minimum Gasteiger partial charge on any atom is -0.490 e. The second kappa shape index (κ2) is 10.8. The number of rotatable bonds is 7. The van der Waals surface area contributed by atoms with Crippen LogP contribution in [0.5, 0.6) is 5.75 Å². The number of carboxylic acid groups (broad SMARTS) is 1. The van der Waals surface area contributed by atoms with Gasteiger partial charge in [-0.3, -0.25) is 0 Å². The van der Waals surface area contributed by atoms with Crippen molar-refractivity contribution in [2.45, 2.75) is 26.1 Å². The molecular weight excluding hydrogens is 473 g/mol. The summed E-state index contributed by atoms with van der Waals surface area (Å²) in [5.74, 6) is -1.47. The van der Waals surface area contributed by atoms with Crippen molar-refractivity contribution in [2.75, 3.05) is 18.9 Å². The largest absolute Gasteiger partial charge is 0.490 e. The maximum Gasteiger partial charge on any atom is 0.490 e. The molecule has 0 amide bonds. The molecule has 0 aliphatic carbocycles. The molecule has 35 heavy (non-hydrogen) atoms. The second-order valence-corrected chi connectivity index (χ2v) is 6.94. The molecule has 4 N–H and O–H groups in total. The van der Waals surface area contributed by atoms with E-state index in [9.17, 15) is 13.2 Å². The van der Waals surface area contributed by atoms with Crippen molar-refractivity contribution >= 4 is 22.8 Å². The number of aliphatic hydroxyl groups excluding tert-OH is 1. The number of aromatic nitrogens is 5. The molecular formula is C21H21F3N6O5. The summed E-state index contributed by atoms with van der Waals surface area (Å²) >= 11 is 0. The number of aliphatic hydroxyl groups is 1. The number of pyridine rings is 1. The van der Waals surface area contributed by atoms with E-state index in [1.807, 2.05) is 41.8 Å². The molecule has 0 aliphatic rings. The van der Waals surface area contributed by atoms with Gasteiger partial charge in [-0.2, -0.15) is 13.2 Å². The molecule has 0 aliphatic heterocycles. The maximum atomic E-state index is 10.6. The van der Waals surface area contributed by atoms with Crippen LogP contribution in [0.2, 0.25) is 0 Å². The standard InChI is InChI=1S/C19H20N6O3.C2HF3O2/c1-2-25-17-13(27-10-6-9-26)11-21-14(12-7-4-3-5-8-12)15(17)22-19(25)16-18(20)24-28-23-16;3-2(4,5)1(6)7/h3-5,7-8,11,26H,2,6,9-10H2,1H3,(H2,20,24);(H,6,7). The number of alkyl halides is 3. The number of aryl methyl sites for hydroxylation is 1. The summed E-state index contributed by atoms with van der Waals surface area (Å²) in [5, 5.41) is 23.8. The number of hydrogen-bond acceptors (Lipinski definition) is 9. The highest BCUT2D eigenvalue weighted by molar-refractivity contribution is 5.95. The number of anilines is 1. The molecule has 3 aromatic heterocycles. The zero-order valence-corrected chi connectivity index (χ0v) is 18.4. The van der Waals surface area contributed by atoms with Gasteiger partial charge in [-0.1, -0.05) is 30.3 Å². The summed E-state index contributed by atoms with van der Waals surface area (Å²) in [6.07, 6.45) is -2.88. The Kier molecular flexibility index (Phi) is 7.86. The van der Waals surface area contributed by atoms with Crippen molar-refractivity contribution in [2.24, 2.45) is 0 Å². The van der Waals surface area contributed by atoms with E-state index in [2.05, 4.69) is 15.3 Å². The van der Waals surface area contributed by atoms with Crippen LogP contribution in [-0.4, -0.2) is 60.4 Å². The Bertz CT molecular complexity index is 1290. The zero-order valence-electron chi connectivity index (χ0n) is 18.4. The molecule has 0 radical (unpaired) electrons. The number of aliphatic carboxylic acids is 1. The van der Waals surface area contributed by atoms with Crippen LogP contribution < -0.4 is 10.5 Å². The minimum atomic E-state index is -5.08.